The molecular weight excluding hydrogens is 260 g/mol. The lowest BCUT2D eigenvalue weighted by Crippen LogP contribution is -2.23. The fourth-order valence-electron chi connectivity index (χ4n) is 2.70. The number of aromatic nitrogens is 3. The molecule has 0 bridgehead atoms. The summed E-state index contributed by atoms with van der Waals surface area (Å²) in [4.78, 5) is 4.37. The van der Waals surface area contributed by atoms with Crippen LogP contribution in [0.3, 0.4) is 0 Å². The Morgan fingerprint density at radius 3 is 2.52 bits per heavy atom. The molecule has 1 unspecified atom stereocenters. The van der Waals surface area contributed by atoms with Crippen LogP contribution in [0.25, 0.3) is 10.8 Å². The van der Waals surface area contributed by atoms with Gasteiger partial charge in [-0.25, -0.2) is 9.67 Å². The van der Waals surface area contributed by atoms with E-state index in [-0.39, 0.29) is 6.04 Å². The van der Waals surface area contributed by atoms with Gasteiger partial charge in [0.2, 0.25) is 0 Å². The molecule has 0 radical (unpaired) electrons. The first kappa shape index (κ1) is 13.8. The van der Waals surface area contributed by atoms with Gasteiger partial charge in [-0.1, -0.05) is 36.4 Å². The number of nitrogens with zero attached hydrogens (tertiary/aromatic N) is 3. The molecule has 4 nitrogen and oxygen atoms in total. The van der Waals surface area contributed by atoms with E-state index in [9.17, 15) is 0 Å². The third-order valence-corrected chi connectivity index (χ3v) is 3.84. The summed E-state index contributed by atoms with van der Waals surface area (Å²) in [6.07, 6.45) is 0. The van der Waals surface area contributed by atoms with Crippen molar-refractivity contribution in [3.63, 3.8) is 0 Å². The van der Waals surface area contributed by atoms with Crippen molar-refractivity contribution >= 4 is 10.8 Å². The zero-order valence-corrected chi connectivity index (χ0v) is 12.7. The van der Waals surface area contributed by atoms with Gasteiger partial charge in [0.15, 0.2) is 0 Å². The molecule has 3 rings (SSSR count). The maximum Gasteiger partial charge on any atom is 0.147 e. The predicted octanol–water partition coefficient (Wildman–Crippen LogP) is 3.01. The molecule has 2 aromatic carbocycles. The summed E-state index contributed by atoms with van der Waals surface area (Å²) in [5.74, 6) is 1.77. The lowest BCUT2D eigenvalue weighted by molar-refractivity contribution is 0.459. The van der Waals surface area contributed by atoms with E-state index in [1.54, 1.807) is 0 Å². The van der Waals surface area contributed by atoms with E-state index < -0.39 is 0 Å². The molecular formula is C17H20N4. The Hall–Kier alpha value is -2.20. The second-order valence-corrected chi connectivity index (χ2v) is 5.34. The Labute approximate surface area is 124 Å². The molecule has 4 heteroatoms. The molecule has 0 fully saturated rings. The average Bonchev–Trinajstić information content (AvgIpc) is 2.82. The predicted molar refractivity (Wildman–Crippen MR) is 85.2 cm³/mol. The highest BCUT2D eigenvalue weighted by Gasteiger charge is 2.13. The molecule has 0 saturated heterocycles. The molecule has 1 aromatic heterocycles. The summed E-state index contributed by atoms with van der Waals surface area (Å²) in [6.45, 7) is 4.70. The molecule has 0 aliphatic carbocycles. The van der Waals surface area contributed by atoms with E-state index in [0.29, 0.717) is 0 Å². The average molecular weight is 280 g/mol. The van der Waals surface area contributed by atoms with Crippen LogP contribution in [0.4, 0.5) is 0 Å². The van der Waals surface area contributed by atoms with Gasteiger partial charge in [-0.3, -0.25) is 0 Å². The van der Waals surface area contributed by atoms with E-state index in [4.69, 9.17) is 0 Å². The van der Waals surface area contributed by atoms with E-state index in [0.717, 1.165) is 18.2 Å². The van der Waals surface area contributed by atoms with E-state index in [1.807, 2.05) is 25.6 Å². The number of aryl methyl sites for hydroxylation is 2. The van der Waals surface area contributed by atoms with Crippen LogP contribution in [-0.2, 0) is 6.54 Å². The molecule has 108 valence electrons. The third-order valence-electron chi connectivity index (χ3n) is 3.84. The number of hydrogen-bond acceptors (Lipinski definition) is 3. The molecule has 0 saturated carbocycles. The molecule has 1 heterocycles. The van der Waals surface area contributed by atoms with Crippen LogP contribution in [0.15, 0.2) is 42.5 Å². The minimum Gasteiger partial charge on any atom is -0.311 e. The normalized spacial score (nSPS) is 12.7. The van der Waals surface area contributed by atoms with Crippen molar-refractivity contribution in [2.45, 2.75) is 26.4 Å². The Kier molecular flexibility index (Phi) is 3.71. The summed E-state index contributed by atoms with van der Waals surface area (Å²) in [5, 5.41) is 10.4. The van der Waals surface area contributed by atoms with Gasteiger partial charge in [-0.15, -0.1) is 0 Å². The SMILES string of the molecule is CNC(Cn1nc(C)nc1C)c1ccc2ccccc2c1. The molecule has 21 heavy (non-hydrogen) atoms. The van der Waals surface area contributed by atoms with Gasteiger partial charge in [-0.2, -0.15) is 5.10 Å². The summed E-state index contributed by atoms with van der Waals surface area (Å²) < 4.78 is 1.96. The van der Waals surface area contributed by atoms with Gasteiger partial charge in [-0.05, 0) is 43.3 Å². The largest absolute Gasteiger partial charge is 0.311 e. The number of hydrogen-bond donors (Lipinski definition) is 1. The Morgan fingerprint density at radius 2 is 1.86 bits per heavy atom. The summed E-state index contributed by atoms with van der Waals surface area (Å²) in [7, 11) is 1.99. The zero-order valence-electron chi connectivity index (χ0n) is 12.7. The first-order chi connectivity index (χ1) is 10.2. The minimum atomic E-state index is 0.217. The summed E-state index contributed by atoms with van der Waals surface area (Å²) >= 11 is 0. The maximum atomic E-state index is 4.45. The van der Waals surface area contributed by atoms with Crippen molar-refractivity contribution in [3.8, 4) is 0 Å². The number of fused-ring (bicyclic) bond motifs is 1. The summed E-state index contributed by atoms with van der Waals surface area (Å²) in [5.41, 5.74) is 1.27. The second-order valence-electron chi connectivity index (χ2n) is 5.34. The highest BCUT2D eigenvalue weighted by atomic mass is 15.3. The van der Waals surface area contributed by atoms with Crippen LogP contribution in [0.2, 0.25) is 0 Å². The van der Waals surface area contributed by atoms with Crippen molar-refractivity contribution in [2.75, 3.05) is 7.05 Å². The Morgan fingerprint density at radius 1 is 1.10 bits per heavy atom. The van der Waals surface area contributed by atoms with Gasteiger partial charge in [0.1, 0.15) is 11.6 Å². The number of rotatable bonds is 4. The molecule has 3 aromatic rings. The van der Waals surface area contributed by atoms with Crippen molar-refractivity contribution in [3.05, 3.63) is 59.7 Å². The molecule has 1 N–H and O–H groups in total. The lowest BCUT2D eigenvalue weighted by atomic mass is 10.0. The molecule has 0 aliphatic rings. The smallest absolute Gasteiger partial charge is 0.147 e. The molecule has 0 spiro atoms. The fourth-order valence-corrected chi connectivity index (χ4v) is 2.70. The van der Waals surface area contributed by atoms with Crippen LogP contribution >= 0.6 is 0 Å². The Balaban J connectivity index is 1.92. The lowest BCUT2D eigenvalue weighted by Gasteiger charge is -2.18. The van der Waals surface area contributed by atoms with Gasteiger partial charge >= 0.3 is 0 Å². The number of benzene rings is 2. The van der Waals surface area contributed by atoms with Crippen LogP contribution in [-0.4, -0.2) is 21.8 Å². The standard InChI is InChI=1S/C17H20N4/c1-12-19-13(2)21(20-12)11-17(18-3)16-9-8-14-6-4-5-7-15(14)10-16/h4-10,17-18H,11H2,1-3H3. The topological polar surface area (TPSA) is 42.7 Å². The first-order valence-electron chi connectivity index (χ1n) is 7.21. The van der Waals surface area contributed by atoms with Gasteiger partial charge in [0.25, 0.3) is 0 Å². The Bertz CT molecular complexity index is 760. The van der Waals surface area contributed by atoms with Crippen molar-refractivity contribution in [1.29, 1.82) is 0 Å². The van der Waals surface area contributed by atoms with Gasteiger partial charge in [0, 0.05) is 0 Å². The van der Waals surface area contributed by atoms with E-state index in [1.165, 1.54) is 16.3 Å². The first-order valence-corrected chi connectivity index (χ1v) is 7.21. The third kappa shape index (κ3) is 2.81. The zero-order chi connectivity index (χ0) is 14.8. The fraction of sp³-hybridized carbons (Fsp3) is 0.294. The summed E-state index contributed by atoms with van der Waals surface area (Å²) in [6, 6.07) is 15.3. The molecule has 0 aliphatic heterocycles. The van der Waals surface area contributed by atoms with Crippen LogP contribution in [0, 0.1) is 13.8 Å². The number of nitrogens with one attached hydrogen (secondary N) is 1. The maximum absolute atomic E-state index is 4.45. The monoisotopic (exact) mass is 280 g/mol. The van der Waals surface area contributed by atoms with E-state index >= 15 is 0 Å². The quantitative estimate of drug-likeness (QED) is 0.799. The van der Waals surface area contributed by atoms with Crippen molar-refractivity contribution in [2.24, 2.45) is 0 Å². The highest BCUT2D eigenvalue weighted by molar-refractivity contribution is 5.83. The van der Waals surface area contributed by atoms with Crippen LogP contribution < -0.4 is 5.32 Å². The highest BCUT2D eigenvalue weighted by Crippen LogP contribution is 2.21. The van der Waals surface area contributed by atoms with Gasteiger partial charge < -0.3 is 5.32 Å². The van der Waals surface area contributed by atoms with Crippen molar-refractivity contribution in [1.82, 2.24) is 20.1 Å². The molecule has 0 amide bonds. The number of likely N-dealkylation sites (N-methyl/N-ethyl adjacent to an activating group) is 1. The van der Waals surface area contributed by atoms with Crippen LogP contribution in [0.5, 0.6) is 0 Å². The van der Waals surface area contributed by atoms with Crippen molar-refractivity contribution < 1.29 is 0 Å². The second kappa shape index (κ2) is 5.66. The minimum absolute atomic E-state index is 0.217. The van der Waals surface area contributed by atoms with Gasteiger partial charge in [0.05, 0.1) is 12.6 Å². The molecule has 1 atom stereocenters. The van der Waals surface area contributed by atoms with E-state index in [2.05, 4.69) is 57.9 Å². The van der Waals surface area contributed by atoms with Crippen LogP contribution in [0.1, 0.15) is 23.3 Å².